The van der Waals surface area contributed by atoms with E-state index in [4.69, 9.17) is 4.42 Å². The van der Waals surface area contributed by atoms with Crippen LogP contribution in [0.15, 0.2) is 180 Å². The van der Waals surface area contributed by atoms with Crippen molar-refractivity contribution in [1.82, 2.24) is 0 Å². The van der Waals surface area contributed by atoms with Crippen LogP contribution >= 0.6 is 0 Å². The van der Waals surface area contributed by atoms with Gasteiger partial charge in [-0.2, -0.15) is 0 Å². The van der Waals surface area contributed by atoms with Crippen LogP contribution in [0.1, 0.15) is 93.9 Å². The number of benzene rings is 8. The lowest BCUT2D eigenvalue weighted by Gasteiger charge is -2.54. The van der Waals surface area contributed by atoms with Crippen LogP contribution in [0.3, 0.4) is 0 Å². The Morgan fingerprint density at radius 1 is 0.433 bits per heavy atom. The van der Waals surface area contributed by atoms with Gasteiger partial charge in [0.1, 0.15) is 11.2 Å². The molecule has 1 aromatic heterocycles. The Morgan fingerprint density at radius 2 is 1.01 bits per heavy atom. The first-order valence-electron chi connectivity index (χ1n) is 25.4. The van der Waals surface area contributed by atoms with E-state index in [0.717, 1.165) is 45.1 Å². The van der Waals surface area contributed by atoms with Gasteiger partial charge in [-0.3, -0.25) is 0 Å². The average Bonchev–Trinajstić information content (AvgIpc) is 3.98. The summed E-state index contributed by atoms with van der Waals surface area (Å²) in [5.74, 6) is 2.92. The highest BCUT2D eigenvalue weighted by atomic mass is 16.3. The molecule has 0 N–H and O–H groups in total. The van der Waals surface area contributed by atoms with Crippen LogP contribution in [0, 0.1) is 23.7 Å². The van der Waals surface area contributed by atoms with E-state index in [1.54, 1.807) is 11.1 Å². The first-order valence-corrected chi connectivity index (χ1v) is 25.4. The van der Waals surface area contributed by atoms with Crippen molar-refractivity contribution in [2.45, 2.75) is 82.5 Å². The van der Waals surface area contributed by atoms with Gasteiger partial charge < -0.3 is 9.32 Å². The van der Waals surface area contributed by atoms with Gasteiger partial charge in [-0.25, -0.2) is 0 Å². The Kier molecular flexibility index (Phi) is 8.81. The van der Waals surface area contributed by atoms with Crippen molar-refractivity contribution in [2.75, 3.05) is 4.90 Å². The van der Waals surface area contributed by atoms with Crippen LogP contribution < -0.4 is 4.90 Å². The van der Waals surface area contributed by atoms with Crippen LogP contribution in [-0.2, 0) is 10.8 Å². The fourth-order valence-electron chi connectivity index (χ4n) is 15.1. The normalized spacial score (nSPS) is 23.0. The predicted molar refractivity (Wildman–Crippen MR) is 279 cm³/mol. The zero-order chi connectivity index (χ0) is 44.4. The van der Waals surface area contributed by atoms with E-state index in [1.807, 2.05) is 0 Å². The maximum absolute atomic E-state index is 6.68. The van der Waals surface area contributed by atoms with Crippen molar-refractivity contribution in [3.63, 3.8) is 0 Å². The molecule has 0 aliphatic heterocycles. The van der Waals surface area contributed by atoms with E-state index in [9.17, 15) is 0 Å². The second-order valence-electron chi connectivity index (χ2n) is 21.3. The number of anilines is 3. The molecule has 14 rings (SSSR count). The van der Waals surface area contributed by atoms with Crippen LogP contribution in [-0.4, -0.2) is 0 Å². The Labute approximate surface area is 395 Å². The number of hydrogen-bond donors (Lipinski definition) is 0. The Balaban J connectivity index is 0.905. The fraction of sp³-hybridized carbons (Fsp3) is 0.262. The third-order valence-electron chi connectivity index (χ3n) is 17.8. The summed E-state index contributed by atoms with van der Waals surface area (Å²) in [4.78, 5) is 2.48. The monoisotopic (exact) mass is 867 g/mol. The second-order valence-corrected chi connectivity index (χ2v) is 21.3. The van der Waals surface area contributed by atoms with Crippen molar-refractivity contribution < 1.29 is 4.42 Å². The largest absolute Gasteiger partial charge is 0.456 e. The van der Waals surface area contributed by atoms with E-state index in [2.05, 4.69) is 195 Å². The molecule has 3 saturated carbocycles. The van der Waals surface area contributed by atoms with Crippen molar-refractivity contribution in [1.29, 1.82) is 0 Å². The van der Waals surface area contributed by atoms with E-state index < -0.39 is 0 Å². The molecular weight excluding hydrogens is 811 g/mol. The summed E-state index contributed by atoms with van der Waals surface area (Å²) in [5.41, 5.74) is 22.3. The average molecular weight is 868 g/mol. The molecule has 2 heteroatoms. The quantitative estimate of drug-likeness (QED) is 0.171. The molecule has 0 amide bonds. The van der Waals surface area contributed by atoms with Gasteiger partial charge in [0.05, 0.1) is 0 Å². The van der Waals surface area contributed by atoms with Crippen molar-refractivity contribution in [2.24, 2.45) is 23.7 Å². The van der Waals surface area contributed by atoms with E-state index in [1.165, 1.54) is 119 Å². The van der Waals surface area contributed by atoms with Gasteiger partial charge in [0, 0.05) is 38.7 Å². The van der Waals surface area contributed by atoms with Crippen LogP contribution in [0.2, 0.25) is 0 Å². The third-order valence-corrected chi connectivity index (χ3v) is 17.8. The first-order chi connectivity index (χ1) is 33.0. The molecule has 2 bridgehead atoms. The summed E-state index contributed by atoms with van der Waals surface area (Å²) in [6.07, 6.45) is 11.7. The standard InChI is InChI=1S/C65H57NO/c1-41-33-43-35-42(2)65(48(34-41)36-43)59-18-10-8-16-53(59)55-27-21-47(38-61(55)65)46-22-29-62-56(37-46)57-39-50(26-30-63(57)67-62)66(49-23-19-45(20-24-49)44-13-5-3-6-14-44)51-25-28-54-52-15-7-9-17-58(52)64(60(54)40-51)31-11-4-12-32-64/h3,5-10,13-30,37-43,48H,4,11-12,31-36H2,1-2H3/t41-,42+,43?,48-,65-/m1/s1. The molecule has 5 aliphatic rings. The molecule has 8 aromatic carbocycles. The molecule has 2 spiro atoms. The molecule has 0 saturated heterocycles. The van der Waals surface area contributed by atoms with Gasteiger partial charge in [0.2, 0.25) is 0 Å². The lowest BCUT2D eigenvalue weighted by molar-refractivity contribution is 0.0426. The number of fused-ring (bicyclic) bond motifs is 16. The van der Waals surface area contributed by atoms with Gasteiger partial charge >= 0.3 is 0 Å². The molecule has 2 nitrogen and oxygen atoms in total. The Hall–Kier alpha value is -6.64. The zero-order valence-electron chi connectivity index (χ0n) is 38.8. The lowest BCUT2D eigenvalue weighted by atomic mass is 9.49. The molecule has 1 heterocycles. The van der Waals surface area contributed by atoms with Gasteiger partial charge in [-0.05, 0) is 190 Å². The molecular formula is C65H57NO. The van der Waals surface area contributed by atoms with Crippen molar-refractivity contribution in [3.05, 3.63) is 198 Å². The highest BCUT2D eigenvalue weighted by molar-refractivity contribution is 6.08. The maximum Gasteiger partial charge on any atom is 0.135 e. The van der Waals surface area contributed by atoms with Gasteiger partial charge in [-0.15, -0.1) is 0 Å². The van der Waals surface area contributed by atoms with Gasteiger partial charge in [0.25, 0.3) is 0 Å². The highest BCUT2D eigenvalue weighted by Gasteiger charge is 2.56. The minimum atomic E-state index is 0.0637. The smallest absolute Gasteiger partial charge is 0.135 e. The second kappa shape index (κ2) is 14.9. The minimum Gasteiger partial charge on any atom is -0.456 e. The minimum absolute atomic E-state index is 0.0637. The van der Waals surface area contributed by atoms with E-state index >= 15 is 0 Å². The molecule has 9 aromatic rings. The SMILES string of the molecule is C[C@@H]1CC2C[C@@H](C1)[C@@]1(c3ccccc3-c3ccc(-c4ccc5oc6ccc(N(c7ccc(-c8ccccc8)cc7)c7ccc8c(c7)C7(CCCCC7)c7ccccc7-8)cc6c5c4)cc31)[C@@H](C)C2. The van der Waals surface area contributed by atoms with Crippen molar-refractivity contribution >= 4 is 39.0 Å². The van der Waals surface area contributed by atoms with Gasteiger partial charge in [-0.1, -0.05) is 148 Å². The highest BCUT2D eigenvalue weighted by Crippen LogP contribution is 2.65. The van der Waals surface area contributed by atoms with Gasteiger partial charge in [0.15, 0.2) is 0 Å². The van der Waals surface area contributed by atoms with E-state index in [-0.39, 0.29) is 10.8 Å². The number of rotatable bonds is 5. The summed E-state index contributed by atoms with van der Waals surface area (Å²) in [7, 11) is 0. The van der Waals surface area contributed by atoms with E-state index in [0.29, 0.717) is 11.8 Å². The zero-order valence-corrected chi connectivity index (χ0v) is 38.8. The summed E-state index contributed by atoms with van der Waals surface area (Å²) in [5, 5.41) is 2.30. The molecule has 5 atom stereocenters. The topological polar surface area (TPSA) is 16.4 Å². The van der Waals surface area contributed by atoms with Crippen molar-refractivity contribution in [3.8, 4) is 44.5 Å². The summed E-state index contributed by atoms with van der Waals surface area (Å²) in [6, 6.07) is 67.0. The summed E-state index contributed by atoms with van der Waals surface area (Å²) >= 11 is 0. The van der Waals surface area contributed by atoms with Crippen LogP contribution in [0.4, 0.5) is 17.1 Å². The van der Waals surface area contributed by atoms with Crippen LogP contribution in [0.25, 0.3) is 66.4 Å². The molecule has 5 aliphatic carbocycles. The first kappa shape index (κ1) is 39.5. The summed E-state index contributed by atoms with van der Waals surface area (Å²) in [6.45, 7) is 5.08. The predicted octanol–water partition coefficient (Wildman–Crippen LogP) is 18.0. The van der Waals surface area contributed by atoms with Crippen LogP contribution in [0.5, 0.6) is 0 Å². The molecule has 1 unspecified atom stereocenters. The Bertz CT molecular complexity index is 3400. The number of furan rings is 1. The molecule has 328 valence electrons. The summed E-state index contributed by atoms with van der Waals surface area (Å²) < 4.78 is 6.68. The molecule has 0 radical (unpaired) electrons. The third kappa shape index (κ3) is 5.81. The fourth-order valence-corrected chi connectivity index (χ4v) is 15.1. The lowest BCUT2D eigenvalue weighted by Crippen LogP contribution is -2.49. The number of nitrogens with zero attached hydrogens (tertiary/aromatic N) is 1. The Morgan fingerprint density at radius 3 is 1.84 bits per heavy atom. The maximum atomic E-state index is 6.68. The number of hydrogen-bond acceptors (Lipinski definition) is 2. The molecule has 67 heavy (non-hydrogen) atoms. The molecule has 3 fully saturated rings.